The first-order chi connectivity index (χ1) is 36.8. The van der Waals surface area contributed by atoms with Crippen LogP contribution in [0.4, 0.5) is 0 Å². The molecule has 9 nitrogen and oxygen atoms in total. The smallest absolute Gasteiger partial charge is 0.306 e. The molecule has 0 radical (unpaired) electrons. The van der Waals surface area contributed by atoms with Crippen LogP contribution in [0.1, 0.15) is 335 Å². The third-order valence-corrected chi connectivity index (χ3v) is 15.2. The van der Waals surface area contributed by atoms with Crippen LogP contribution in [-0.2, 0) is 23.8 Å². The number of aliphatic hydroxyl groups is 3. The van der Waals surface area contributed by atoms with Crippen LogP contribution in [0.15, 0.2) is 24.3 Å². The average Bonchev–Trinajstić information content (AvgIpc) is 3.74. The quantitative estimate of drug-likeness (QED) is 0.0266. The van der Waals surface area contributed by atoms with Gasteiger partial charge in [0, 0.05) is 19.4 Å². The number of ether oxygens (including phenoxy) is 3. The second-order valence-electron chi connectivity index (χ2n) is 22.6. The summed E-state index contributed by atoms with van der Waals surface area (Å²) in [5.74, 6) is -1.05. The first-order valence-corrected chi connectivity index (χ1v) is 32.7. The van der Waals surface area contributed by atoms with Crippen molar-refractivity contribution in [1.29, 1.82) is 0 Å². The van der Waals surface area contributed by atoms with E-state index in [0.29, 0.717) is 18.9 Å². The number of carbonyl (C=O) groups is 2. The Bertz CT molecular complexity index is 1220. The van der Waals surface area contributed by atoms with Crippen molar-refractivity contribution < 1.29 is 44.2 Å². The fourth-order valence-electron chi connectivity index (χ4n) is 10.2. The second kappa shape index (κ2) is 59.9. The van der Waals surface area contributed by atoms with E-state index < -0.39 is 43.0 Å². The van der Waals surface area contributed by atoms with Gasteiger partial charge in [0.15, 0.2) is 6.10 Å². The molecule has 9 heteroatoms. The lowest BCUT2D eigenvalue weighted by Gasteiger charge is -2.24. The molecule has 1 aliphatic heterocycles. The summed E-state index contributed by atoms with van der Waals surface area (Å²) in [6.45, 7) is 7.30. The molecule has 0 spiro atoms. The summed E-state index contributed by atoms with van der Waals surface area (Å²) >= 11 is 0. The molecule has 4 N–H and O–H groups in total. The Morgan fingerprint density at radius 3 is 1.15 bits per heavy atom. The highest BCUT2D eigenvalue weighted by Crippen LogP contribution is 2.22. The summed E-state index contributed by atoms with van der Waals surface area (Å²) in [5, 5.41) is 37.3. The number of hydrogen-bond acceptors (Lipinski definition) is 8. The maximum atomic E-state index is 11.8. The average molecular weight is 1060 g/mol. The van der Waals surface area contributed by atoms with Crippen LogP contribution in [0.25, 0.3) is 0 Å². The van der Waals surface area contributed by atoms with Gasteiger partial charge in [-0.2, -0.15) is 0 Å². The van der Waals surface area contributed by atoms with Gasteiger partial charge in [-0.25, -0.2) is 0 Å². The van der Waals surface area contributed by atoms with E-state index in [1.807, 2.05) is 0 Å². The molecule has 0 aromatic carbocycles. The van der Waals surface area contributed by atoms with Gasteiger partial charge in [0.1, 0.15) is 18.3 Å². The van der Waals surface area contributed by atoms with Gasteiger partial charge in [-0.15, -0.1) is 0 Å². The fraction of sp³-hybridized carbons (Fsp3) is 0.909. The number of allylic oxidation sites excluding steroid dienone is 4. The van der Waals surface area contributed by atoms with Gasteiger partial charge in [-0.1, -0.05) is 263 Å². The van der Waals surface area contributed by atoms with Crippen molar-refractivity contribution in [3.63, 3.8) is 0 Å². The van der Waals surface area contributed by atoms with Crippen LogP contribution in [0, 0.1) is 0 Å². The number of carboxylic acids is 1. The zero-order chi connectivity index (χ0) is 54.8. The molecule has 1 saturated heterocycles. The fourth-order valence-corrected chi connectivity index (χ4v) is 10.2. The largest absolute Gasteiger partial charge is 0.481 e. The molecule has 75 heavy (non-hydrogen) atoms. The Morgan fingerprint density at radius 1 is 0.467 bits per heavy atom. The molecule has 1 unspecified atom stereocenters. The van der Waals surface area contributed by atoms with Gasteiger partial charge in [0.05, 0.1) is 19.3 Å². The molecular formula is C66H126O9. The molecular weight excluding hydrogens is 937 g/mol. The highest BCUT2D eigenvalue weighted by Gasteiger charge is 2.41. The monoisotopic (exact) mass is 1060 g/mol. The van der Waals surface area contributed by atoms with Gasteiger partial charge in [-0.05, 0) is 83.5 Å². The van der Waals surface area contributed by atoms with Crippen molar-refractivity contribution >= 4 is 11.9 Å². The Labute approximate surface area is 464 Å². The number of unbranched alkanes of at least 4 members (excludes halogenated alkanes) is 39. The minimum Gasteiger partial charge on any atom is -0.481 e. The van der Waals surface area contributed by atoms with E-state index in [0.717, 1.165) is 38.7 Å². The molecule has 0 aromatic rings. The molecule has 0 bridgehead atoms. The van der Waals surface area contributed by atoms with Crippen LogP contribution in [0.2, 0.25) is 0 Å². The molecule has 0 aromatic heterocycles. The molecule has 1 fully saturated rings. The van der Waals surface area contributed by atoms with Crippen LogP contribution in [0.3, 0.4) is 0 Å². The van der Waals surface area contributed by atoms with Crippen molar-refractivity contribution in [3.05, 3.63) is 24.3 Å². The van der Waals surface area contributed by atoms with Gasteiger partial charge in [0.2, 0.25) is 0 Å². The highest BCUT2D eigenvalue weighted by molar-refractivity contribution is 5.69. The first-order valence-electron chi connectivity index (χ1n) is 32.7. The van der Waals surface area contributed by atoms with E-state index in [1.165, 1.54) is 270 Å². The SMILES string of the molecule is CCCCCCCC/C=C\CCCCCCCCOC(CCCCCCC/C=C\CCCCCCCC)CCCCCCCCCCCC(=O)O.CCCCCCCCCCCC(=O)O[C@H](CO)[C@H]1OC[C@H](O)[C@H]1O. The van der Waals surface area contributed by atoms with Crippen LogP contribution >= 0.6 is 0 Å². The van der Waals surface area contributed by atoms with Gasteiger partial charge in [-0.3, -0.25) is 9.59 Å². The van der Waals surface area contributed by atoms with E-state index in [2.05, 4.69) is 45.1 Å². The van der Waals surface area contributed by atoms with Crippen molar-refractivity contribution in [1.82, 2.24) is 0 Å². The molecule has 444 valence electrons. The lowest BCUT2D eigenvalue weighted by atomic mass is 10.0. The summed E-state index contributed by atoms with van der Waals surface area (Å²) in [7, 11) is 0. The molecule has 1 heterocycles. The molecule has 1 rings (SSSR count). The minimum atomic E-state index is -1.14. The molecule has 1 aliphatic rings. The molecule has 0 amide bonds. The van der Waals surface area contributed by atoms with Gasteiger partial charge in [0.25, 0.3) is 0 Å². The number of esters is 1. The Morgan fingerprint density at radius 2 is 0.800 bits per heavy atom. The van der Waals surface area contributed by atoms with E-state index in [1.54, 1.807) is 0 Å². The van der Waals surface area contributed by atoms with Crippen molar-refractivity contribution in [3.8, 4) is 0 Å². The number of aliphatic carboxylic acids is 1. The Balaban J connectivity index is 0.00000189. The maximum absolute atomic E-state index is 11.8. The normalized spacial score (nSPS) is 16.5. The topological polar surface area (TPSA) is 143 Å². The Hall–Kier alpha value is -1.78. The molecule has 0 aliphatic carbocycles. The third kappa shape index (κ3) is 52.7. The van der Waals surface area contributed by atoms with Gasteiger partial charge < -0.3 is 34.6 Å². The Kier molecular flexibility index (Phi) is 58.5. The van der Waals surface area contributed by atoms with E-state index >= 15 is 0 Å². The summed E-state index contributed by atoms with van der Waals surface area (Å²) in [6.07, 6.45) is 67.6. The number of rotatable bonds is 57. The van der Waals surface area contributed by atoms with Crippen molar-refractivity contribution in [2.24, 2.45) is 0 Å². The zero-order valence-corrected chi connectivity index (χ0v) is 49.8. The van der Waals surface area contributed by atoms with Crippen molar-refractivity contribution in [2.75, 3.05) is 19.8 Å². The lowest BCUT2D eigenvalue weighted by molar-refractivity contribution is -0.162. The maximum Gasteiger partial charge on any atom is 0.306 e. The van der Waals surface area contributed by atoms with Crippen LogP contribution in [-0.4, -0.2) is 82.7 Å². The second-order valence-corrected chi connectivity index (χ2v) is 22.6. The minimum absolute atomic E-state index is 0.0157. The zero-order valence-electron chi connectivity index (χ0n) is 49.8. The number of aliphatic hydroxyl groups excluding tert-OH is 3. The van der Waals surface area contributed by atoms with E-state index in [9.17, 15) is 24.9 Å². The summed E-state index contributed by atoms with van der Waals surface area (Å²) < 4.78 is 16.9. The highest BCUT2D eigenvalue weighted by atomic mass is 16.6. The summed E-state index contributed by atoms with van der Waals surface area (Å²) in [4.78, 5) is 22.5. The summed E-state index contributed by atoms with van der Waals surface area (Å²) in [5.41, 5.74) is 0. The van der Waals surface area contributed by atoms with Crippen LogP contribution in [0.5, 0.6) is 0 Å². The van der Waals surface area contributed by atoms with Crippen molar-refractivity contribution in [2.45, 2.75) is 366 Å². The van der Waals surface area contributed by atoms with Crippen LogP contribution < -0.4 is 0 Å². The lowest BCUT2D eigenvalue weighted by Crippen LogP contribution is -2.43. The predicted molar refractivity (Wildman–Crippen MR) is 318 cm³/mol. The predicted octanol–water partition coefficient (Wildman–Crippen LogP) is 18.8. The van der Waals surface area contributed by atoms with E-state index in [-0.39, 0.29) is 6.61 Å². The van der Waals surface area contributed by atoms with E-state index in [4.69, 9.17) is 19.3 Å². The van der Waals surface area contributed by atoms with Gasteiger partial charge >= 0.3 is 11.9 Å². The number of hydrogen-bond donors (Lipinski definition) is 4. The molecule has 0 saturated carbocycles. The number of carboxylic acid groups (broad SMARTS) is 1. The standard InChI is InChI=1S/C48H92O3.C18H34O6/c1-3-5-7-9-11-13-15-17-19-21-23-25-30-34-38-42-46-51-47(44-40-36-32-28-26-29-33-37-41-45-48(49)50)43-39-35-31-27-24-22-20-18-16-14-12-10-8-6-4-2;1-2-3-4-5-6-7-8-9-10-11-16(21)24-15(12-19)18-17(22)14(20)13-23-18/h17-20,47H,3-16,21-46H2,1-2H3,(H,49,50);14-15,17-20,22H,2-13H2,1H3/b19-17-,20-18-;/t;14-,15+,17+,18+/m.0/s1. The number of carbonyl (C=O) groups excluding carboxylic acids is 1. The first kappa shape index (κ1) is 73.2. The third-order valence-electron chi connectivity index (χ3n) is 15.2. The summed E-state index contributed by atoms with van der Waals surface area (Å²) in [6, 6.07) is 0. The molecule has 5 atom stereocenters.